The van der Waals surface area contributed by atoms with Gasteiger partial charge in [0.2, 0.25) is 0 Å². The number of carbonyl (C=O) groups is 1. The number of likely N-dealkylation sites (tertiary alicyclic amines) is 1. The quantitative estimate of drug-likeness (QED) is 0.632. The van der Waals surface area contributed by atoms with Crippen molar-refractivity contribution in [2.45, 2.75) is 12.3 Å². The highest BCUT2D eigenvalue weighted by molar-refractivity contribution is 9.10. The Morgan fingerprint density at radius 1 is 1.20 bits per heavy atom. The number of ether oxygens (including phenoxy) is 1. The third kappa shape index (κ3) is 3.16. The van der Waals surface area contributed by atoms with Gasteiger partial charge in [0.05, 0.1) is 7.11 Å². The largest absolute Gasteiger partial charge is 0.497 e. The molecular weight excluding hydrogens is 382 g/mol. The summed E-state index contributed by atoms with van der Waals surface area (Å²) in [5.74, 6) is 1.57. The number of carbonyl (C=O) groups excluding carboxylic acids is 1. The van der Waals surface area contributed by atoms with Crippen LogP contribution in [0.25, 0.3) is 11.0 Å². The number of furan rings is 1. The second kappa shape index (κ2) is 6.56. The molecule has 0 N–H and O–H groups in total. The van der Waals surface area contributed by atoms with E-state index in [-0.39, 0.29) is 5.91 Å². The SMILES string of the molecule is COc1ccc(C2CCN(C(=O)c3cc4cc(Br)ccc4o3)C2)cc1. The van der Waals surface area contributed by atoms with Gasteiger partial charge in [0.25, 0.3) is 5.91 Å². The van der Waals surface area contributed by atoms with Gasteiger partial charge in [-0.3, -0.25) is 4.79 Å². The molecule has 0 radical (unpaired) electrons. The van der Waals surface area contributed by atoms with Gasteiger partial charge in [-0.2, -0.15) is 0 Å². The molecule has 3 aromatic rings. The van der Waals surface area contributed by atoms with E-state index in [1.807, 2.05) is 41.3 Å². The topological polar surface area (TPSA) is 42.7 Å². The average molecular weight is 400 g/mol. The van der Waals surface area contributed by atoms with Crippen LogP contribution in [0, 0.1) is 0 Å². The van der Waals surface area contributed by atoms with E-state index in [1.54, 1.807) is 7.11 Å². The first-order chi connectivity index (χ1) is 12.1. The first kappa shape index (κ1) is 16.2. The third-order valence-electron chi connectivity index (χ3n) is 4.75. The Labute approximate surface area is 154 Å². The minimum atomic E-state index is -0.0386. The second-order valence-corrected chi connectivity index (χ2v) is 7.22. The fourth-order valence-electron chi connectivity index (χ4n) is 3.37. The molecule has 0 spiro atoms. The summed E-state index contributed by atoms with van der Waals surface area (Å²) in [6, 6.07) is 15.7. The maximum Gasteiger partial charge on any atom is 0.289 e. The molecule has 1 atom stereocenters. The van der Waals surface area contributed by atoms with Crippen LogP contribution in [0.1, 0.15) is 28.5 Å². The lowest BCUT2D eigenvalue weighted by atomic mass is 9.98. The maximum absolute atomic E-state index is 12.8. The van der Waals surface area contributed by atoms with E-state index in [4.69, 9.17) is 9.15 Å². The number of hydrogen-bond donors (Lipinski definition) is 0. The van der Waals surface area contributed by atoms with Crippen molar-refractivity contribution >= 4 is 32.8 Å². The molecule has 1 aromatic heterocycles. The van der Waals surface area contributed by atoms with E-state index in [2.05, 4.69) is 28.1 Å². The molecular formula is C20H18BrNO3. The Kier molecular flexibility index (Phi) is 4.25. The maximum atomic E-state index is 12.8. The molecule has 1 amide bonds. The monoisotopic (exact) mass is 399 g/mol. The third-order valence-corrected chi connectivity index (χ3v) is 5.25. The Morgan fingerprint density at radius 3 is 2.76 bits per heavy atom. The van der Waals surface area contributed by atoms with Gasteiger partial charge >= 0.3 is 0 Å². The van der Waals surface area contributed by atoms with Crippen LogP contribution in [0.2, 0.25) is 0 Å². The minimum absolute atomic E-state index is 0.0386. The molecule has 1 unspecified atom stereocenters. The van der Waals surface area contributed by atoms with Crippen molar-refractivity contribution in [3.8, 4) is 5.75 Å². The van der Waals surface area contributed by atoms with Gasteiger partial charge in [-0.25, -0.2) is 0 Å². The van der Waals surface area contributed by atoms with E-state index in [9.17, 15) is 4.79 Å². The Morgan fingerprint density at radius 2 is 2.00 bits per heavy atom. The molecule has 25 heavy (non-hydrogen) atoms. The van der Waals surface area contributed by atoms with Gasteiger partial charge < -0.3 is 14.1 Å². The molecule has 2 heterocycles. The first-order valence-electron chi connectivity index (χ1n) is 8.26. The van der Waals surface area contributed by atoms with E-state index in [0.29, 0.717) is 18.2 Å². The zero-order valence-corrected chi connectivity index (χ0v) is 15.5. The van der Waals surface area contributed by atoms with Crippen molar-refractivity contribution in [3.05, 3.63) is 64.3 Å². The van der Waals surface area contributed by atoms with Gasteiger partial charge in [0.15, 0.2) is 5.76 Å². The molecule has 0 aliphatic carbocycles. The minimum Gasteiger partial charge on any atom is -0.497 e. The first-order valence-corrected chi connectivity index (χ1v) is 9.05. The predicted octanol–water partition coefficient (Wildman–Crippen LogP) is 4.83. The lowest BCUT2D eigenvalue weighted by Gasteiger charge is -2.15. The molecule has 5 heteroatoms. The normalized spacial score (nSPS) is 17.2. The number of halogens is 1. The number of hydrogen-bond acceptors (Lipinski definition) is 3. The number of benzene rings is 2. The number of fused-ring (bicyclic) bond motifs is 1. The number of amides is 1. The molecule has 4 nitrogen and oxygen atoms in total. The zero-order valence-electron chi connectivity index (χ0n) is 13.9. The molecule has 1 saturated heterocycles. The predicted molar refractivity (Wildman–Crippen MR) is 100 cm³/mol. The van der Waals surface area contributed by atoms with Crippen molar-refractivity contribution < 1.29 is 13.9 Å². The van der Waals surface area contributed by atoms with Crippen molar-refractivity contribution in [2.24, 2.45) is 0 Å². The number of rotatable bonds is 3. The highest BCUT2D eigenvalue weighted by Crippen LogP contribution is 2.30. The van der Waals surface area contributed by atoms with Gasteiger partial charge in [0, 0.05) is 28.9 Å². The van der Waals surface area contributed by atoms with Gasteiger partial charge in [-0.1, -0.05) is 28.1 Å². The van der Waals surface area contributed by atoms with Crippen LogP contribution in [0.15, 0.2) is 57.4 Å². The standard InChI is InChI=1S/C20H18BrNO3/c1-24-17-5-2-13(3-6-17)14-8-9-22(12-14)20(23)19-11-15-10-16(21)4-7-18(15)25-19/h2-7,10-11,14H,8-9,12H2,1H3. The van der Waals surface area contributed by atoms with E-state index in [0.717, 1.165) is 34.2 Å². The van der Waals surface area contributed by atoms with Crippen molar-refractivity contribution in [3.63, 3.8) is 0 Å². The summed E-state index contributed by atoms with van der Waals surface area (Å²) in [5.41, 5.74) is 1.97. The summed E-state index contributed by atoms with van der Waals surface area (Å²) in [7, 11) is 1.66. The van der Waals surface area contributed by atoms with Crippen LogP contribution in [0.5, 0.6) is 5.75 Å². The van der Waals surface area contributed by atoms with E-state index >= 15 is 0 Å². The lowest BCUT2D eigenvalue weighted by Crippen LogP contribution is -2.28. The molecule has 1 aliphatic heterocycles. The summed E-state index contributed by atoms with van der Waals surface area (Å²) in [4.78, 5) is 14.7. The molecule has 4 rings (SSSR count). The van der Waals surface area contributed by atoms with Crippen LogP contribution in [-0.2, 0) is 0 Å². The summed E-state index contributed by atoms with van der Waals surface area (Å²) >= 11 is 3.44. The Balaban J connectivity index is 1.50. The second-order valence-electron chi connectivity index (χ2n) is 6.30. The van der Waals surface area contributed by atoms with Crippen molar-refractivity contribution in [1.29, 1.82) is 0 Å². The van der Waals surface area contributed by atoms with Crippen LogP contribution in [-0.4, -0.2) is 31.0 Å². The van der Waals surface area contributed by atoms with Crippen LogP contribution in [0.3, 0.4) is 0 Å². The van der Waals surface area contributed by atoms with Gasteiger partial charge in [0.1, 0.15) is 11.3 Å². The van der Waals surface area contributed by atoms with Crippen LogP contribution >= 0.6 is 15.9 Å². The average Bonchev–Trinajstić information content (AvgIpc) is 3.28. The molecule has 0 saturated carbocycles. The lowest BCUT2D eigenvalue weighted by molar-refractivity contribution is 0.0761. The smallest absolute Gasteiger partial charge is 0.289 e. The van der Waals surface area contributed by atoms with Crippen molar-refractivity contribution in [1.82, 2.24) is 4.90 Å². The summed E-state index contributed by atoms with van der Waals surface area (Å²) in [6.07, 6.45) is 0.962. The fourth-order valence-corrected chi connectivity index (χ4v) is 3.75. The number of methoxy groups -OCH3 is 1. The molecule has 0 bridgehead atoms. The molecule has 1 fully saturated rings. The Bertz CT molecular complexity index is 916. The van der Waals surface area contributed by atoms with Gasteiger partial charge in [-0.15, -0.1) is 0 Å². The zero-order chi connectivity index (χ0) is 17.4. The summed E-state index contributed by atoms with van der Waals surface area (Å²) in [6.45, 7) is 1.46. The fraction of sp³-hybridized carbons (Fsp3) is 0.250. The highest BCUT2D eigenvalue weighted by Gasteiger charge is 2.29. The van der Waals surface area contributed by atoms with E-state index in [1.165, 1.54) is 5.56 Å². The Hall–Kier alpha value is -2.27. The highest BCUT2D eigenvalue weighted by atomic mass is 79.9. The summed E-state index contributed by atoms with van der Waals surface area (Å²) in [5, 5.41) is 0.934. The van der Waals surface area contributed by atoms with Crippen LogP contribution in [0.4, 0.5) is 0 Å². The molecule has 2 aromatic carbocycles. The molecule has 1 aliphatic rings. The summed E-state index contributed by atoms with van der Waals surface area (Å²) < 4.78 is 11.9. The molecule has 128 valence electrons. The van der Waals surface area contributed by atoms with E-state index < -0.39 is 0 Å². The van der Waals surface area contributed by atoms with Crippen LogP contribution < -0.4 is 4.74 Å². The van der Waals surface area contributed by atoms with Crippen molar-refractivity contribution in [2.75, 3.05) is 20.2 Å². The van der Waals surface area contributed by atoms with Gasteiger partial charge in [-0.05, 0) is 48.4 Å². The number of nitrogens with zero attached hydrogens (tertiary/aromatic N) is 1.